The minimum atomic E-state index is -0.803. The molecule has 0 aromatic carbocycles. The number of rotatable bonds is 41. The number of carbonyl (C=O) groups excluding carboxylic acids is 2. The summed E-state index contributed by atoms with van der Waals surface area (Å²) < 4.78 is 5.89. The largest absolute Gasteiger partial charge is 0.462 e. The van der Waals surface area contributed by atoms with Crippen molar-refractivity contribution in [2.45, 2.75) is 225 Å². The van der Waals surface area contributed by atoms with E-state index in [1.165, 1.54) is 64.2 Å². The standard InChI is InChI=1S/C52H89NO5/c1-4-7-10-13-16-19-22-24-25-26-28-30-33-36-39-42-45-52(57)58-48(43-40-37-34-31-29-27-23-20-17-14-11-8-5-2)46-51(56)53-49(47-54)50(55)44-41-38-35-32-21-18-15-12-9-6-3/h7-8,10-11,14,16-17,19-20,23-25,27,29,48-50,54-55H,4-6,9,12-13,15,18,21-22,26,28,30-47H2,1-3H3,(H,53,56)/b10-7+,11-8+,17-14+,19-16+,23-20+,25-24+,29-27-. The second kappa shape index (κ2) is 45.1. The SMILES string of the molecule is CC/C=C/C=C/C=C/C=C\CCCCCC(CC(=O)NC(CO)C(O)CCCCCCCCCCCC)OC(=O)CCCCCCCC/C=C/C/C=C/C/C=C/CC. The number of hydrogen-bond donors (Lipinski definition) is 3. The molecule has 0 spiro atoms. The first-order chi connectivity index (χ1) is 28.5. The minimum absolute atomic E-state index is 0.0416. The van der Waals surface area contributed by atoms with E-state index in [0.717, 1.165) is 96.3 Å². The Labute approximate surface area is 357 Å². The zero-order valence-corrected chi connectivity index (χ0v) is 37.6. The summed E-state index contributed by atoms with van der Waals surface area (Å²) in [6.45, 7) is 6.19. The van der Waals surface area contributed by atoms with Gasteiger partial charge in [0.1, 0.15) is 6.10 Å². The van der Waals surface area contributed by atoms with Crippen LogP contribution < -0.4 is 5.32 Å². The molecule has 3 atom stereocenters. The Bertz CT molecular complexity index is 1130. The highest BCUT2D eigenvalue weighted by molar-refractivity contribution is 5.77. The number of amides is 1. The molecule has 0 aromatic heterocycles. The molecule has 0 aliphatic heterocycles. The van der Waals surface area contributed by atoms with Gasteiger partial charge in [-0.3, -0.25) is 9.59 Å². The molecule has 0 rings (SSSR count). The van der Waals surface area contributed by atoms with Gasteiger partial charge in [0.2, 0.25) is 5.91 Å². The third-order valence-electron chi connectivity index (χ3n) is 10.3. The van der Waals surface area contributed by atoms with Crippen LogP contribution in [0.1, 0.15) is 207 Å². The number of aliphatic hydroxyl groups excluding tert-OH is 2. The quantitative estimate of drug-likeness (QED) is 0.0247. The Balaban J connectivity index is 4.68. The van der Waals surface area contributed by atoms with E-state index in [4.69, 9.17) is 4.74 Å². The molecule has 332 valence electrons. The topological polar surface area (TPSA) is 95.9 Å². The number of unbranched alkanes of at least 4 members (excludes halogenated alkanes) is 18. The Morgan fingerprint density at radius 2 is 1.02 bits per heavy atom. The fourth-order valence-corrected chi connectivity index (χ4v) is 6.75. The first kappa shape index (κ1) is 55.0. The highest BCUT2D eigenvalue weighted by atomic mass is 16.5. The van der Waals surface area contributed by atoms with Gasteiger partial charge < -0.3 is 20.3 Å². The van der Waals surface area contributed by atoms with E-state index in [-0.39, 0.29) is 24.9 Å². The predicted octanol–water partition coefficient (Wildman–Crippen LogP) is 14.0. The smallest absolute Gasteiger partial charge is 0.306 e. The molecular weight excluding hydrogens is 719 g/mol. The van der Waals surface area contributed by atoms with Crippen molar-refractivity contribution in [2.24, 2.45) is 0 Å². The summed E-state index contributed by atoms with van der Waals surface area (Å²) >= 11 is 0. The van der Waals surface area contributed by atoms with Crippen LogP contribution in [0.25, 0.3) is 0 Å². The van der Waals surface area contributed by atoms with Crippen molar-refractivity contribution in [1.29, 1.82) is 0 Å². The van der Waals surface area contributed by atoms with Crippen molar-refractivity contribution >= 4 is 11.9 Å². The molecular formula is C52H89NO5. The maximum atomic E-state index is 13.1. The number of hydrogen-bond acceptors (Lipinski definition) is 5. The molecule has 1 amide bonds. The van der Waals surface area contributed by atoms with Crippen LogP contribution in [0.3, 0.4) is 0 Å². The molecule has 6 heteroatoms. The Morgan fingerprint density at radius 1 is 0.534 bits per heavy atom. The Kier molecular flexibility index (Phi) is 42.8. The predicted molar refractivity (Wildman–Crippen MR) is 250 cm³/mol. The Morgan fingerprint density at radius 3 is 1.64 bits per heavy atom. The normalized spacial score (nSPS) is 14.1. The molecule has 0 radical (unpaired) electrons. The lowest BCUT2D eigenvalue weighted by Crippen LogP contribution is -2.46. The molecule has 0 aromatic rings. The van der Waals surface area contributed by atoms with Crippen LogP contribution in [-0.2, 0) is 14.3 Å². The van der Waals surface area contributed by atoms with E-state index in [9.17, 15) is 19.8 Å². The summed E-state index contributed by atoms with van der Waals surface area (Å²) in [6.07, 6.45) is 57.8. The van der Waals surface area contributed by atoms with Crippen LogP contribution in [-0.4, -0.2) is 46.9 Å². The van der Waals surface area contributed by atoms with Crippen LogP contribution in [0.5, 0.6) is 0 Å². The van der Waals surface area contributed by atoms with Gasteiger partial charge >= 0.3 is 5.97 Å². The van der Waals surface area contributed by atoms with Gasteiger partial charge in [0.05, 0.1) is 25.2 Å². The van der Waals surface area contributed by atoms with Crippen molar-refractivity contribution < 1.29 is 24.5 Å². The summed E-state index contributed by atoms with van der Waals surface area (Å²) in [5, 5.41) is 23.6. The number of allylic oxidation sites excluding steroid dienone is 14. The van der Waals surface area contributed by atoms with Gasteiger partial charge in [-0.1, -0.05) is 202 Å². The first-order valence-corrected chi connectivity index (χ1v) is 23.9. The van der Waals surface area contributed by atoms with Gasteiger partial charge in [0, 0.05) is 6.42 Å². The average Bonchev–Trinajstić information content (AvgIpc) is 3.22. The van der Waals surface area contributed by atoms with Gasteiger partial charge in [-0.2, -0.15) is 0 Å². The van der Waals surface area contributed by atoms with Crippen LogP contribution in [0.4, 0.5) is 0 Å². The molecule has 3 N–H and O–H groups in total. The van der Waals surface area contributed by atoms with Crippen molar-refractivity contribution in [3.63, 3.8) is 0 Å². The Hall–Kier alpha value is -2.96. The van der Waals surface area contributed by atoms with E-state index in [2.05, 4.69) is 80.8 Å². The van der Waals surface area contributed by atoms with Gasteiger partial charge in [-0.15, -0.1) is 0 Å². The molecule has 6 nitrogen and oxygen atoms in total. The summed E-state index contributed by atoms with van der Waals surface area (Å²) in [4.78, 5) is 26.0. The third kappa shape index (κ3) is 39.8. The van der Waals surface area contributed by atoms with Gasteiger partial charge in [0.25, 0.3) is 0 Å². The van der Waals surface area contributed by atoms with E-state index >= 15 is 0 Å². The summed E-state index contributed by atoms with van der Waals surface area (Å²) in [5.74, 6) is -0.536. The van der Waals surface area contributed by atoms with Crippen molar-refractivity contribution in [2.75, 3.05) is 6.61 Å². The molecule has 0 heterocycles. The molecule has 0 fully saturated rings. The van der Waals surface area contributed by atoms with E-state index in [1.807, 2.05) is 30.4 Å². The van der Waals surface area contributed by atoms with Crippen molar-refractivity contribution in [3.05, 3.63) is 85.1 Å². The molecule has 0 aliphatic rings. The monoisotopic (exact) mass is 808 g/mol. The molecule has 3 unspecified atom stereocenters. The van der Waals surface area contributed by atoms with Gasteiger partial charge in [-0.25, -0.2) is 0 Å². The highest BCUT2D eigenvalue weighted by Gasteiger charge is 2.24. The lowest BCUT2D eigenvalue weighted by atomic mass is 10.0. The summed E-state index contributed by atoms with van der Waals surface area (Å²) in [7, 11) is 0. The highest BCUT2D eigenvalue weighted by Crippen LogP contribution is 2.17. The fourth-order valence-electron chi connectivity index (χ4n) is 6.75. The van der Waals surface area contributed by atoms with Crippen molar-refractivity contribution in [3.8, 4) is 0 Å². The zero-order chi connectivity index (χ0) is 42.4. The van der Waals surface area contributed by atoms with E-state index in [0.29, 0.717) is 19.3 Å². The van der Waals surface area contributed by atoms with Gasteiger partial charge in [0.15, 0.2) is 0 Å². The average molecular weight is 808 g/mol. The number of carbonyl (C=O) groups is 2. The van der Waals surface area contributed by atoms with Crippen LogP contribution in [0, 0.1) is 0 Å². The van der Waals surface area contributed by atoms with E-state index in [1.54, 1.807) is 0 Å². The number of ether oxygens (including phenoxy) is 1. The molecule has 0 bridgehead atoms. The fraction of sp³-hybridized carbons (Fsp3) is 0.692. The molecule has 58 heavy (non-hydrogen) atoms. The lowest BCUT2D eigenvalue weighted by molar-refractivity contribution is -0.151. The minimum Gasteiger partial charge on any atom is -0.462 e. The summed E-state index contributed by atoms with van der Waals surface area (Å²) in [6, 6.07) is -0.720. The summed E-state index contributed by atoms with van der Waals surface area (Å²) in [5.41, 5.74) is 0. The van der Waals surface area contributed by atoms with Crippen molar-refractivity contribution in [1.82, 2.24) is 5.32 Å². The van der Waals surface area contributed by atoms with Crippen LogP contribution in [0.15, 0.2) is 85.1 Å². The maximum Gasteiger partial charge on any atom is 0.306 e. The third-order valence-corrected chi connectivity index (χ3v) is 10.3. The second-order valence-corrected chi connectivity index (χ2v) is 15.8. The number of esters is 1. The van der Waals surface area contributed by atoms with Gasteiger partial charge in [-0.05, 0) is 77.0 Å². The number of aliphatic hydroxyl groups is 2. The molecule has 0 saturated heterocycles. The second-order valence-electron chi connectivity index (χ2n) is 15.8. The van der Waals surface area contributed by atoms with Crippen LogP contribution in [0.2, 0.25) is 0 Å². The number of nitrogens with one attached hydrogen (secondary N) is 1. The maximum absolute atomic E-state index is 13.1. The van der Waals surface area contributed by atoms with E-state index < -0.39 is 18.2 Å². The first-order valence-electron chi connectivity index (χ1n) is 23.9. The van der Waals surface area contributed by atoms with Crippen LogP contribution >= 0.6 is 0 Å². The zero-order valence-electron chi connectivity index (χ0n) is 37.6. The molecule has 0 aliphatic carbocycles. The lowest BCUT2D eigenvalue weighted by Gasteiger charge is -2.24. The molecule has 0 saturated carbocycles.